The molecule has 0 fully saturated rings. The minimum atomic E-state index is -0.0314. The van der Waals surface area contributed by atoms with Gasteiger partial charge in [0.2, 0.25) is 0 Å². The molecule has 0 saturated heterocycles. The van der Waals surface area contributed by atoms with Crippen molar-refractivity contribution >= 4 is 17.2 Å². The molecular formula is C10H16N2OS. The number of amides is 1. The van der Waals surface area contributed by atoms with Gasteiger partial charge in [0.1, 0.15) is 0 Å². The number of thiophene rings is 1. The quantitative estimate of drug-likeness (QED) is 0.794. The summed E-state index contributed by atoms with van der Waals surface area (Å²) >= 11 is 1.44. The smallest absolute Gasteiger partial charge is 0.261 e. The molecule has 3 N–H and O–H groups in total. The molecule has 1 amide bonds. The van der Waals surface area contributed by atoms with Crippen LogP contribution < -0.4 is 11.1 Å². The summed E-state index contributed by atoms with van der Waals surface area (Å²) in [6.45, 7) is 4.62. The second-order valence-corrected chi connectivity index (χ2v) is 4.54. The molecule has 0 aliphatic heterocycles. The Morgan fingerprint density at radius 3 is 2.86 bits per heavy atom. The topological polar surface area (TPSA) is 55.1 Å². The SMILES string of the molecule is CC(C)[C@H](N)CNC(=O)c1cccs1. The van der Waals surface area contributed by atoms with Crippen molar-refractivity contribution < 1.29 is 4.79 Å². The zero-order valence-electron chi connectivity index (χ0n) is 8.49. The molecule has 1 aromatic rings. The molecule has 0 radical (unpaired) electrons. The molecule has 1 rings (SSSR count). The zero-order valence-corrected chi connectivity index (χ0v) is 9.30. The number of nitrogens with one attached hydrogen (secondary N) is 1. The summed E-state index contributed by atoms with van der Waals surface area (Å²) in [6.07, 6.45) is 0. The number of hydrogen-bond acceptors (Lipinski definition) is 3. The van der Waals surface area contributed by atoms with Gasteiger partial charge in [-0.1, -0.05) is 19.9 Å². The van der Waals surface area contributed by atoms with E-state index in [4.69, 9.17) is 5.73 Å². The van der Waals surface area contributed by atoms with Crippen LogP contribution in [0.15, 0.2) is 17.5 Å². The largest absolute Gasteiger partial charge is 0.350 e. The molecule has 14 heavy (non-hydrogen) atoms. The van der Waals surface area contributed by atoms with E-state index in [1.54, 1.807) is 6.07 Å². The number of carbonyl (C=O) groups is 1. The van der Waals surface area contributed by atoms with Crippen LogP contribution in [0.5, 0.6) is 0 Å². The molecule has 1 aromatic heterocycles. The monoisotopic (exact) mass is 212 g/mol. The van der Waals surface area contributed by atoms with Crippen molar-refractivity contribution in [2.24, 2.45) is 11.7 Å². The molecule has 0 bridgehead atoms. The Morgan fingerprint density at radius 2 is 2.36 bits per heavy atom. The van der Waals surface area contributed by atoms with E-state index < -0.39 is 0 Å². The molecule has 0 saturated carbocycles. The summed E-state index contributed by atoms with van der Waals surface area (Å²) in [5, 5.41) is 4.70. The first-order chi connectivity index (χ1) is 6.61. The van der Waals surface area contributed by atoms with Crippen LogP contribution in [-0.2, 0) is 0 Å². The average molecular weight is 212 g/mol. The predicted octanol–water partition coefficient (Wildman–Crippen LogP) is 1.46. The van der Waals surface area contributed by atoms with E-state index >= 15 is 0 Å². The first kappa shape index (κ1) is 11.2. The van der Waals surface area contributed by atoms with Crippen LogP contribution in [0.25, 0.3) is 0 Å². The summed E-state index contributed by atoms with van der Waals surface area (Å²) < 4.78 is 0. The lowest BCUT2D eigenvalue weighted by Crippen LogP contribution is -2.40. The number of hydrogen-bond donors (Lipinski definition) is 2. The van der Waals surface area contributed by atoms with Gasteiger partial charge >= 0.3 is 0 Å². The van der Waals surface area contributed by atoms with E-state index in [9.17, 15) is 4.79 Å². The Labute approximate surface area is 88.3 Å². The maximum absolute atomic E-state index is 11.5. The third-order valence-electron chi connectivity index (χ3n) is 2.10. The van der Waals surface area contributed by atoms with E-state index in [-0.39, 0.29) is 11.9 Å². The molecule has 1 atom stereocenters. The third-order valence-corrected chi connectivity index (χ3v) is 2.97. The highest BCUT2D eigenvalue weighted by molar-refractivity contribution is 7.12. The molecule has 4 heteroatoms. The fraction of sp³-hybridized carbons (Fsp3) is 0.500. The molecular weight excluding hydrogens is 196 g/mol. The predicted molar refractivity (Wildman–Crippen MR) is 59.5 cm³/mol. The van der Waals surface area contributed by atoms with Gasteiger partial charge in [0.25, 0.3) is 5.91 Å². The first-order valence-corrected chi connectivity index (χ1v) is 5.56. The molecule has 3 nitrogen and oxygen atoms in total. The highest BCUT2D eigenvalue weighted by atomic mass is 32.1. The minimum Gasteiger partial charge on any atom is -0.350 e. The van der Waals surface area contributed by atoms with E-state index in [2.05, 4.69) is 5.32 Å². The Morgan fingerprint density at radius 1 is 1.64 bits per heavy atom. The number of carbonyl (C=O) groups excluding carboxylic acids is 1. The van der Waals surface area contributed by atoms with Gasteiger partial charge in [-0.05, 0) is 17.4 Å². The van der Waals surface area contributed by atoms with Gasteiger partial charge in [-0.2, -0.15) is 0 Å². The van der Waals surface area contributed by atoms with Crippen LogP contribution in [0.2, 0.25) is 0 Å². The van der Waals surface area contributed by atoms with Crippen molar-refractivity contribution in [1.29, 1.82) is 0 Å². The van der Waals surface area contributed by atoms with Gasteiger partial charge in [-0.25, -0.2) is 0 Å². The van der Waals surface area contributed by atoms with Crippen molar-refractivity contribution in [2.75, 3.05) is 6.54 Å². The Balaban J connectivity index is 2.36. The summed E-state index contributed by atoms with van der Waals surface area (Å²) in [5.74, 6) is 0.356. The number of rotatable bonds is 4. The number of nitrogens with two attached hydrogens (primary N) is 1. The van der Waals surface area contributed by atoms with Crippen molar-refractivity contribution in [3.8, 4) is 0 Å². The maximum atomic E-state index is 11.5. The van der Waals surface area contributed by atoms with Gasteiger partial charge < -0.3 is 11.1 Å². The van der Waals surface area contributed by atoms with Crippen LogP contribution >= 0.6 is 11.3 Å². The molecule has 0 unspecified atom stereocenters. The molecule has 78 valence electrons. The molecule has 0 aliphatic rings. The van der Waals surface area contributed by atoms with E-state index in [0.29, 0.717) is 12.5 Å². The Kier molecular flexibility index (Phi) is 4.10. The lowest BCUT2D eigenvalue weighted by molar-refractivity contribution is 0.0953. The van der Waals surface area contributed by atoms with Gasteiger partial charge in [-0.15, -0.1) is 11.3 Å². The van der Waals surface area contributed by atoms with Crippen LogP contribution in [-0.4, -0.2) is 18.5 Å². The summed E-state index contributed by atoms with van der Waals surface area (Å²) in [7, 11) is 0. The lowest BCUT2D eigenvalue weighted by atomic mass is 10.1. The van der Waals surface area contributed by atoms with E-state index in [0.717, 1.165) is 4.88 Å². The second-order valence-electron chi connectivity index (χ2n) is 3.60. The third kappa shape index (κ3) is 3.12. The molecule has 0 aromatic carbocycles. The highest BCUT2D eigenvalue weighted by Crippen LogP contribution is 2.07. The van der Waals surface area contributed by atoms with Gasteiger partial charge in [-0.3, -0.25) is 4.79 Å². The van der Waals surface area contributed by atoms with Crippen molar-refractivity contribution in [3.05, 3.63) is 22.4 Å². The summed E-state index contributed by atoms with van der Waals surface area (Å²) in [6, 6.07) is 3.70. The van der Waals surface area contributed by atoms with Crippen LogP contribution in [0.3, 0.4) is 0 Å². The zero-order chi connectivity index (χ0) is 10.6. The second kappa shape index (κ2) is 5.12. The summed E-state index contributed by atoms with van der Waals surface area (Å²) in [4.78, 5) is 12.2. The molecule has 0 spiro atoms. The van der Waals surface area contributed by atoms with Gasteiger partial charge in [0.05, 0.1) is 4.88 Å². The van der Waals surface area contributed by atoms with Crippen molar-refractivity contribution in [1.82, 2.24) is 5.32 Å². The fourth-order valence-electron chi connectivity index (χ4n) is 0.941. The van der Waals surface area contributed by atoms with Crippen molar-refractivity contribution in [3.63, 3.8) is 0 Å². The van der Waals surface area contributed by atoms with Crippen molar-refractivity contribution in [2.45, 2.75) is 19.9 Å². The maximum Gasteiger partial charge on any atom is 0.261 e. The normalized spacial score (nSPS) is 12.9. The Bertz CT molecular complexity index is 282. The minimum absolute atomic E-state index is 0.0268. The van der Waals surface area contributed by atoms with E-state index in [1.807, 2.05) is 25.3 Å². The van der Waals surface area contributed by atoms with Crippen LogP contribution in [0.1, 0.15) is 23.5 Å². The van der Waals surface area contributed by atoms with Crippen LogP contribution in [0.4, 0.5) is 0 Å². The first-order valence-electron chi connectivity index (χ1n) is 4.68. The highest BCUT2D eigenvalue weighted by Gasteiger charge is 2.10. The van der Waals surface area contributed by atoms with Gasteiger partial charge in [0.15, 0.2) is 0 Å². The Hall–Kier alpha value is -0.870. The molecule has 1 heterocycles. The van der Waals surface area contributed by atoms with Crippen LogP contribution in [0, 0.1) is 5.92 Å². The lowest BCUT2D eigenvalue weighted by Gasteiger charge is -2.15. The fourth-order valence-corrected chi connectivity index (χ4v) is 1.58. The molecule has 0 aliphatic carbocycles. The standard InChI is InChI=1S/C10H16N2OS/c1-7(2)8(11)6-12-10(13)9-4-3-5-14-9/h3-5,7-8H,6,11H2,1-2H3,(H,12,13)/t8-/m1/s1. The van der Waals surface area contributed by atoms with Gasteiger partial charge in [0, 0.05) is 12.6 Å². The summed E-state index contributed by atoms with van der Waals surface area (Å²) in [5.41, 5.74) is 5.81. The average Bonchev–Trinajstić information content (AvgIpc) is 2.66. The van der Waals surface area contributed by atoms with E-state index in [1.165, 1.54) is 11.3 Å².